The van der Waals surface area contributed by atoms with Gasteiger partial charge < -0.3 is 10.1 Å². The van der Waals surface area contributed by atoms with E-state index in [9.17, 15) is 18.0 Å². The SMILES string of the molecule is CC[N+](CC)(CC)[SH](=O)=O.COC(=O)NCC(C)=O. The number of Topliss-reactive ketones (excluding diaryl/α,β-unsaturated/α-hetero) is 1. The third kappa shape index (κ3) is 8.55. The number of ether oxygens (including phenoxy) is 1. The van der Waals surface area contributed by atoms with Gasteiger partial charge in [0.1, 0.15) is 5.78 Å². The van der Waals surface area contributed by atoms with Crippen molar-refractivity contribution in [2.75, 3.05) is 33.3 Å². The predicted octanol–water partition coefficient (Wildman–Crippen LogP) is 0.321. The van der Waals surface area contributed by atoms with Gasteiger partial charge in [0.2, 0.25) is 0 Å². The smallest absolute Gasteiger partial charge is 0.407 e. The van der Waals surface area contributed by atoms with Crippen molar-refractivity contribution in [1.82, 2.24) is 5.32 Å². The van der Waals surface area contributed by atoms with E-state index < -0.39 is 17.0 Å². The highest BCUT2D eigenvalue weighted by Crippen LogP contribution is 2.04. The third-order valence-electron chi connectivity index (χ3n) is 2.78. The number of hydrogen-bond acceptors (Lipinski definition) is 5. The summed E-state index contributed by atoms with van der Waals surface area (Å²) in [6.07, 6.45) is -0.579. The van der Waals surface area contributed by atoms with Gasteiger partial charge in [-0.05, 0) is 27.7 Å². The zero-order valence-corrected chi connectivity index (χ0v) is 13.2. The van der Waals surface area contributed by atoms with Crippen LogP contribution in [-0.4, -0.2) is 57.5 Å². The molecule has 0 saturated heterocycles. The largest absolute Gasteiger partial charge is 0.453 e. The van der Waals surface area contributed by atoms with Gasteiger partial charge >= 0.3 is 6.09 Å². The van der Waals surface area contributed by atoms with Crippen LogP contribution in [0.1, 0.15) is 27.7 Å². The second-order valence-electron chi connectivity index (χ2n) is 3.83. The summed E-state index contributed by atoms with van der Waals surface area (Å²) < 4.78 is 25.9. The lowest BCUT2D eigenvalue weighted by Gasteiger charge is -2.27. The van der Waals surface area contributed by atoms with Crippen molar-refractivity contribution < 1.29 is 26.6 Å². The van der Waals surface area contributed by atoms with E-state index in [0.29, 0.717) is 19.6 Å². The van der Waals surface area contributed by atoms with E-state index in [1.54, 1.807) is 0 Å². The zero-order valence-electron chi connectivity index (χ0n) is 12.3. The minimum Gasteiger partial charge on any atom is -0.453 e. The van der Waals surface area contributed by atoms with Crippen molar-refractivity contribution in [3.8, 4) is 0 Å². The number of amides is 1. The molecule has 0 spiro atoms. The van der Waals surface area contributed by atoms with Crippen molar-refractivity contribution in [3.63, 3.8) is 0 Å². The molecule has 0 aliphatic heterocycles. The van der Waals surface area contributed by atoms with Crippen LogP contribution in [0.25, 0.3) is 0 Å². The zero-order chi connectivity index (χ0) is 15.5. The highest BCUT2D eigenvalue weighted by atomic mass is 32.2. The first-order chi connectivity index (χ1) is 8.79. The van der Waals surface area contributed by atoms with E-state index in [1.165, 1.54) is 14.0 Å². The summed E-state index contributed by atoms with van der Waals surface area (Å²) in [7, 11) is -1.07. The predicted molar refractivity (Wildman–Crippen MR) is 73.3 cm³/mol. The number of rotatable bonds is 6. The molecule has 0 aromatic carbocycles. The Bertz CT molecular complexity index is 335. The van der Waals surface area contributed by atoms with Gasteiger partial charge in [0.05, 0.1) is 33.3 Å². The van der Waals surface area contributed by atoms with Crippen LogP contribution in [0.2, 0.25) is 0 Å². The highest BCUT2D eigenvalue weighted by molar-refractivity contribution is 7.66. The van der Waals surface area contributed by atoms with Gasteiger partial charge in [-0.25, -0.2) is 8.68 Å². The van der Waals surface area contributed by atoms with Crippen LogP contribution in [0.4, 0.5) is 4.79 Å². The van der Waals surface area contributed by atoms with Gasteiger partial charge in [-0.3, -0.25) is 4.79 Å². The maximum absolute atomic E-state index is 10.7. The topological polar surface area (TPSA) is 89.5 Å². The van der Waals surface area contributed by atoms with E-state index >= 15 is 0 Å². The second-order valence-corrected chi connectivity index (χ2v) is 5.15. The average Bonchev–Trinajstić information content (AvgIpc) is 2.39. The fourth-order valence-electron chi connectivity index (χ4n) is 1.29. The lowest BCUT2D eigenvalue weighted by molar-refractivity contribution is -0.796. The lowest BCUT2D eigenvalue weighted by atomic mass is 10.4. The monoisotopic (exact) mass is 297 g/mol. The number of thiol groups is 1. The molecule has 7 nitrogen and oxygen atoms in total. The molecule has 0 aromatic rings. The molecule has 0 aliphatic rings. The lowest BCUT2D eigenvalue weighted by Crippen LogP contribution is -2.45. The number of carbonyl (C=O) groups excluding carboxylic acids is 2. The van der Waals surface area contributed by atoms with Crippen molar-refractivity contribution >= 4 is 22.8 Å². The normalized spacial score (nSPS) is 10.4. The number of nitrogens with one attached hydrogen (secondary N) is 1. The summed E-state index contributed by atoms with van der Waals surface area (Å²) in [5.41, 5.74) is 0. The van der Waals surface area contributed by atoms with Gasteiger partial charge in [-0.2, -0.15) is 8.42 Å². The summed E-state index contributed by atoms with van der Waals surface area (Å²) in [6.45, 7) is 9.14. The van der Waals surface area contributed by atoms with Crippen LogP contribution < -0.4 is 5.32 Å². The summed E-state index contributed by atoms with van der Waals surface area (Å²) in [5.74, 6) is -0.0969. The van der Waals surface area contributed by atoms with Crippen LogP contribution in [0.15, 0.2) is 0 Å². The van der Waals surface area contributed by atoms with E-state index in [0.717, 1.165) is 0 Å². The Morgan fingerprint density at radius 3 is 1.68 bits per heavy atom. The van der Waals surface area contributed by atoms with Gasteiger partial charge in [0, 0.05) is 0 Å². The number of nitrogens with zero attached hydrogens (tertiary/aromatic N) is 1. The van der Waals surface area contributed by atoms with Crippen LogP contribution >= 0.6 is 0 Å². The first kappa shape index (κ1) is 20.2. The number of carbonyl (C=O) groups is 2. The molecule has 1 N–H and O–H groups in total. The molecular formula is C11H25N2O5S+. The Balaban J connectivity index is 0. The minimum absolute atomic E-state index is 0.0344. The quantitative estimate of drug-likeness (QED) is 0.544. The molecule has 0 saturated carbocycles. The summed E-state index contributed by atoms with van der Waals surface area (Å²) in [6, 6.07) is 0. The Labute approximate surface area is 116 Å². The molecule has 0 aromatic heterocycles. The van der Waals surface area contributed by atoms with Gasteiger partial charge in [-0.15, -0.1) is 0 Å². The standard InChI is InChI=1S/C6H16NO2S.C5H9NO3/c1-4-7(5-2,6-3)10(8)9;1-4(7)3-6-5(8)9-2/h10H,4-6H2,1-3H3;3H2,1-2H3,(H,6,8)/q+1;. The highest BCUT2D eigenvalue weighted by Gasteiger charge is 2.23. The molecule has 0 bridgehead atoms. The van der Waals surface area contributed by atoms with Crippen LogP contribution in [0.5, 0.6) is 0 Å². The van der Waals surface area contributed by atoms with E-state index in [4.69, 9.17) is 0 Å². The van der Waals surface area contributed by atoms with Crippen LogP contribution in [-0.2, 0) is 20.4 Å². The summed E-state index contributed by atoms with van der Waals surface area (Å²) in [5, 5.41) is 2.22. The minimum atomic E-state index is -2.31. The second kappa shape index (κ2) is 10.7. The Morgan fingerprint density at radius 2 is 1.53 bits per heavy atom. The molecular weight excluding hydrogens is 272 g/mol. The molecule has 114 valence electrons. The average molecular weight is 297 g/mol. The van der Waals surface area contributed by atoms with Gasteiger partial charge in [0.15, 0.2) is 0 Å². The molecule has 0 atom stereocenters. The van der Waals surface area contributed by atoms with Gasteiger partial charge in [-0.1, -0.05) is 0 Å². The van der Waals surface area contributed by atoms with Crippen molar-refractivity contribution in [2.24, 2.45) is 0 Å². The Morgan fingerprint density at radius 1 is 1.11 bits per heavy atom. The maximum atomic E-state index is 10.7. The summed E-state index contributed by atoms with van der Waals surface area (Å²) in [4.78, 5) is 20.4. The third-order valence-corrected chi connectivity index (χ3v) is 4.32. The summed E-state index contributed by atoms with van der Waals surface area (Å²) >= 11 is 0. The molecule has 8 heteroatoms. The molecule has 1 amide bonds. The van der Waals surface area contributed by atoms with Crippen LogP contribution in [0.3, 0.4) is 0 Å². The molecule has 19 heavy (non-hydrogen) atoms. The van der Waals surface area contributed by atoms with Crippen LogP contribution in [0, 0.1) is 0 Å². The van der Waals surface area contributed by atoms with Gasteiger partial charge in [0.25, 0.3) is 10.9 Å². The fraction of sp³-hybridized carbons (Fsp3) is 0.818. The molecule has 0 radical (unpaired) electrons. The molecule has 0 fully saturated rings. The number of ketones is 1. The maximum Gasteiger partial charge on any atom is 0.407 e. The van der Waals surface area contributed by atoms with E-state index in [1.807, 2.05) is 20.8 Å². The number of quaternary nitrogens is 1. The molecule has 0 rings (SSSR count). The number of hydrogen-bond donors (Lipinski definition) is 2. The number of alkyl carbamates (subject to hydrolysis) is 1. The first-order valence-electron chi connectivity index (χ1n) is 6.11. The van der Waals surface area contributed by atoms with Crippen molar-refractivity contribution in [1.29, 1.82) is 0 Å². The molecule has 0 heterocycles. The molecule has 0 aliphatic carbocycles. The fourth-order valence-corrected chi connectivity index (χ4v) is 1.98. The molecule has 0 unspecified atom stereocenters. The number of methoxy groups -OCH3 is 1. The Hall–Kier alpha value is -1.15. The van der Waals surface area contributed by atoms with E-state index in [2.05, 4.69) is 10.1 Å². The van der Waals surface area contributed by atoms with E-state index in [-0.39, 0.29) is 16.2 Å². The van der Waals surface area contributed by atoms with Crippen molar-refractivity contribution in [2.45, 2.75) is 27.7 Å². The van der Waals surface area contributed by atoms with Crippen molar-refractivity contribution in [3.05, 3.63) is 0 Å². The Kier molecular flexibility index (Phi) is 11.4. The first-order valence-corrected chi connectivity index (χ1v) is 7.24.